The number of nitrogens with zero attached hydrogens (tertiary/aromatic N) is 3. The second-order valence-corrected chi connectivity index (χ2v) is 12.8. The lowest BCUT2D eigenvalue weighted by Crippen LogP contribution is -2.08. The molecule has 0 spiro atoms. The Bertz CT molecular complexity index is 2630. The lowest BCUT2D eigenvalue weighted by Gasteiger charge is -2.15. The Morgan fingerprint density at radius 3 is 1.25 bits per heavy atom. The predicted octanol–water partition coefficient (Wildman–Crippen LogP) is 10.6. The zero-order chi connectivity index (χ0) is 38.8. The van der Waals surface area contributed by atoms with Crippen molar-refractivity contribution in [3.63, 3.8) is 0 Å². The minimum Gasteiger partial charge on any atom is -0.423 e. The minimum atomic E-state index is -0.653. The average Bonchev–Trinajstić information content (AvgIpc) is 3.23. The molecule has 0 aliphatic rings. The first kappa shape index (κ1) is 35.0. The number of non-ortho nitro benzene ring substituents is 2. The van der Waals surface area contributed by atoms with Crippen molar-refractivity contribution in [1.29, 1.82) is 0 Å². The van der Waals surface area contributed by atoms with E-state index in [1.165, 1.54) is 48.5 Å². The molecule has 8 aromatic rings. The van der Waals surface area contributed by atoms with Gasteiger partial charge in [0.15, 0.2) is 0 Å². The van der Waals surface area contributed by atoms with Crippen LogP contribution in [0.5, 0.6) is 11.5 Å². The number of benzene rings is 7. The number of fused-ring (bicyclic) bond motifs is 2. The molecule has 0 aliphatic heterocycles. The highest BCUT2D eigenvalue weighted by molar-refractivity contribution is 6.13. The third kappa shape index (κ3) is 7.15. The summed E-state index contributed by atoms with van der Waals surface area (Å²) in [7, 11) is 0. The second kappa shape index (κ2) is 14.8. The first-order valence-corrected chi connectivity index (χ1v) is 17.3. The molecule has 0 radical (unpaired) electrons. The highest BCUT2D eigenvalue weighted by Crippen LogP contribution is 2.39. The molecule has 0 fully saturated rings. The van der Waals surface area contributed by atoms with Gasteiger partial charge in [-0.2, -0.15) is 0 Å². The molecule has 0 bridgehead atoms. The zero-order valence-corrected chi connectivity index (χ0v) is 29.2. The molecule has 0 amide bonds. The molecular weight excluding hydrogens is 711 g/mol. The van der Waals surface area contributed by atoms with Gasteiger partial charge in [-0.3, -0.25) is 20.2 Å². The number of nitro groups is 2. The van der Waals surface area contributed by atoms with Crippen LogP contribution in [0.3, 0.4) is 0 Å². The maximum Gasteiger partial charge on any atom is 0.343 e. The summed E-state index contributed by atoms with van der Waals surface area (Å²) in [6.07, 6.45) is 0. The molecule has 0 N–H and O–H groups in total. The second-order valence-electron chi connectivity index (χ2n) is 12.8. The molecule has 56 heavy (non-hydrogen) atoms. The number of carbonyl (C=O) groups excluding carboxylic acids is 2. The van der Waals surface area contributed by atoms with Crippen molar-refractivity contribution in [1.82, 2.24) is 4.98 Å². The fraction of sp³-hybridized carbons (Fsp3) is 0. The van der Waals surface area contributed by atoms with Crippen molar-refractivity contribution < 1.29 is 28.9 Å². The van der Waals surface area contributed by atoms with Gasteiger partial charge in [0.05, 0.1) is 32.4 Å². The molecule has 0 saturated heterocycles. The van der Waals surface area contributed by atoms with Crippen LogP contribution in [-0.2, 0) is 0 Å². The number of pyridine rings is 1. The lowest BCUT2D eigenvalue weighted by atomic mass is 9.91. The Morgan fingerprint density at radius 1 is 0.464 bits per heavy atom. The Kier molecular flexibility index (Phi) is 9.23. The van der Waals surface area contributed by atoms with Crippen LogP contribution >= 0.6 is 0 Å². The summed E-state index contributed by atoms with van der Waals surface area (Å²) in [5, 5.41) is 26.3. The number of aromatic nitrogens is 1. The Balaban J connectivity index is 1.15. The van der Waals surface area contributed by atoms with E-state index in [0.29, 0.717) is 11.4 Å². The van der Waals surface area contributed by atoms with Crippen LogP contribution in [0.25, 0.3) is 55.2 Å². The summed E-state index contributed by atoms with van der Waals surface area (Å²) in [5.74, 6) is -0.737. The molecule has 11 nitrogen and oxygen atoms in total. The maximum atomic E-state index is 12.8. The zero-order valence-electron chi connectivity index (χ0n) is 29.2. The predicted molar refractivity (Wildman–Crippen MR) is 212 cm³/mol. The Labute approximate surface area is 318 Å². The molecule has 270 valence electrons. The minimum absolute atomic E-state index is 0.129. The highest BCUT2D eigenvalue weighted by atomic mass is 16.6. The third-order valence-electron chi connectivity index (χ3n) is 9.23. The van der Waals surface area contributed by atoms with Gasteiger partial charge in [0, 0.05) is 35.4 Å². The molecule has 0 unspecified atom stereocenters. The van der Waals surface area contributed by atoms with Crippen LogP contribution in [-0.4, -0.2) is 26.8 Å². The fourth-order valence-electron chi connectivity index (χ4n) is 6.45. The van der Waals surface area contributed by atoms with Gasteiger partial charge in [-0.1, -0.05) is 48.5 Å². The monoisotopic (exact) mass is 737 g/mol. The van der Waals surface area contributed by atoms with E-state index in [0.717, 1.165) is 43.8 Å². The van der Waals surface area contributed by atoms with E-state index < -0.39 is 21.8 Å². The topological polar surface area (TPSA) is 152 Å². The van der Waals surface area contributed by atoms with Crippen LogP contribution < -0.4 is 9.47 Å². The van der Waals surface area contributed by atoms with E-state index >= 15 is 0 Å². The van der Waals surface area contributed by atoms with E-state index in [9.17, 15) is 29.8 Å². The quantitative estimate of drug-likeness (QED) is 0.0463. The van der Waals surface area contributed by atoms with Gasteiger partial charge >= 0.3 is 11.9 Å². The molecule has 1 aromatic heterocycles. The summed E-state index contributed by atoms with van der Waals surface area (Å²) in [5.41, 5.74) is 4.84. The highest BCUT2D eigenvalue weighted by Gasteiger charge is 2.17. The van der Waals surface area contributed by atoms with E-state index in [-0.39, 0.29) is 34.0 Å². The van der Waals surface area contributed by atoms with Crippen LogP contribution in [0.1, 0.15) is 20.7 Å². The fourth-order valence-corrected chi connectivity index (χ4v) is 6.45. The van der Waals surface area contributed by atoms with Gasteiger partial charge in [0.1, 0.15) is 11.5 Å². The lowest BCUT2D eigenvalue weighted by molar-refractivity contribution is -0.385. The van der Waals surface area contributed by atoms with Crippen molar-refractivity contribution >= 4 is 44.9 Å². The van der Waals surface area contributed by atoms with Crippen LogP contribution in [0, 0.1) is 20.2 Å². The smallest absolute Gasteiger partial charge is 0.343 e. The first-order chi connectivity index (χ1) is 27.2. The number of carbonyl (C=O) groups is 2. The summed E-state index contributed by atoms with van der Waals surface area (Å²) in [6.45, 7) is 0. The van der Waals surface area contributed by atoms with Gasteiger partial charge in [-0.15, -0.1) is 0 Å². The molecular formula is C45H27N3O8. The SMILES string of the molecule is O=C(Oc1ccc(-c2cc(-c3c4ccccc4cc4ccccc34)cc(-c3ccc(OC(=O)c4ccc([N+](=O)[O-])cc4)cc3)n2)cc1)c1ccc([N+](=O)[O-])cc1. The number of nitro benzene ring substituents is 2. The number of esters is 2. The number of rotatable bonds is 9. The third-order valence-corrected chi connectivity index (χ3v) is 9.23. The van der Waals surface area contributed by atoms with Gasteiger partial charge in [-0.05, 0) is 124 Å². The van der Waals surface area contributed by atoms with Crippen molar-refractivity contribution in [3.05, 3.63) is 195 Å². The summed E-state index contributed by atoms with van der Waals surface area (Å²) in [4.78, 5) is 51.6. The summed E-state index contributed by atoms with van der Waals surface area (Å²) >= 11 is 0. The number of ether oxygens (including phenoxy) is 2. The van der Waals surface area contributed by atoms with Crippen molar-refractivity contribution in [2.45, 2.75) is 0 Å². The Hall–Kier alpha value is -8.05. The van der Waals surface area contributed by atoms with Gasteiger partial charge in [-0.25, -0.2) is 14.6 Å². The van der Waals surface area contributed by atoms with Gasteiger partial charge in [0.2, 0.25) is 0 Å². The molecule has 0 aliphatic carbocycles. The summed E-state index contributed by atoms with van der Waals surface area (Å²) in [6, 6.07) is 46.8. The van der Waals surface area contributed by atoms with E-state index in [1.54, 1.807) is 48.5 Å². The first-order valence-electron chi connectivity index (χ1n) is 17.3. The largest absolute Gasteiger partial charge is 0.423 e. The molecule has 0 atom stereocenters. The normalized spacial score (nSPS) is 10.9. The molecule has 1 heterocycles. The average molecular weight is 738 g/mol. The number of hydrogen-bond acceptors (Lipinski definition) is 9. The molecule has 8 rings (SSSR count). The Morgan fingerprint density at radius 2 is 0.857 bits per heavy atom. The van der Waals surface area contributed by atoms with Crippen molar-refractivity contribution in [3.8, 4) is 45.1 Å². The van der Waals surface area contributed by atoms with E-state index in [4.69, 9.17) is 14.5 Å². The standard InChI is InChI=1S/C45H27N3O8/c49-44(30-9-17-35(18-10-30)47(51)52)55-37-21-13-28(14-22-37)41-26-34(43-39-7-3-1-5-32(39)25-33-6-2-4-8-40(33)43)27-42(46-41)29-15-23-38(24-16-29)56-45(50)31-11-19-36(20-12-31)48(53)54/h1-27H. The van der Waals surface area contributed by atoms with E-state index in [2.05, 4.69) is 30.3 Å². The van der Waals surface area contributed by atoms with Crippen molar-refractivity contribution in [2.24, 2.45) is 0 Å². The molecule has 0 saturated carbocycles. The maximum absolute atomic E-state index is 12.8. The molecule has 7 aromatic carbocycles. The summed E-state index contributed by atoms with van der Waals surface area (Å²) < 4.78 is 11.1. The van der Waals surface area contributed by atoms with Crippen LogP contribution in [0.2, 0.25) is 0 Å². The van der Waals surface area contributed by atoms with Gasteiger partial charge < -0.3 is 9.47 Å². The molecule has 11 heteroatoms. The number of hydrogen-bond donors (Lipinski definition) is 0. The van der Waals surface area contributed by atoms with Crippen molar-refractivity contribution in [2.75, 3.05) is 0 Å². The van der Waals surface area contributed by atoms with Crippen LogP contribution in [0.15, 0.2) is 164 Å². The van der Waals surface area contributed by atoms with Crippen LogP contribution in [0.4, 0.5) is 11.4 Å². The van der Waals surface area contributed by atoms with E-state index in [1.807, 2.05) is 36.4 Å². The van der Waals surface area contributed by atoms with Gasteiger partial charge in [0.25, 0.3) is 11.4 Å².